The first-order valence-electron chi connectivity index (χ1n) is 9.55. The highest BCUT2D eigenvalue weighted by atomic mass is 16.7. The van der Waals surface area contributed by atoms with Crippen molar-refractivity contribution in [3.63, 3.8) is 0 Å². The Bertz CT molecular complexity index is 1130. The normalized spacial score (nSPS) is 16.8. The molecule has 0 radical (unpaired) electrons. The van der Waals surface area contributed by atoms with Gasteiger partial charge in [-0.25, -0.2) is 4.98 Å². The summed E-state index contributed by atoms with van der Waals surface area (Å²) in [5.74, 6) is 6.44. The maximum atomic E-state index is 11.4. The zero-order valence-corrected chi connectivity index (χ0v) is 16.4. The number of nitriles is 1. The summed E-state index contributed by atoms with van der Waals surface area (Å²) in [7, 11) is 0. The molecule has 1 N–H and O–H groups in total. The van der Waals surface area contributed by atoms with E-state index in [0.29, 0.717) is 48.6 Å². The Balaban J connectivity index is 1.49. The highest BCUT2D eigenvalue weighted by Crippen LogP contribution is 2.35. The van der Waals surface area contributed by atoms with Crippen LogP contribution in [0.3, 0.4) is 0 Å². The number of hydrogen-bond donors (Lipinski definition) is 1. The largest absolute Gasteiger partial charge is 0.351 e. The second-order valence-electron chi connectivity index (χ2n) is 7.27. The monoisotopic (exact) mass is 401 g/mol. The van der Waals surface area contributed by atoms with Gasteiger partial charge in [-0.2, -0.15) is 5.26 Å². The van der Waals surface area contributed by atoms with E-state index in [1.165, 1.54) is 6.07 Å². The Morgan fingerprint density at radius 2 is 1.93 bits per heavy atom. The number of allylic oxidation sites excluding steroid dienone is 1. The van der Waals surface area contributed by atoms with Crippen molar-refractivity contribution < 1.29 is 9.76 Å². The Morgan fingerprint density at radius 1 is 1.20 bits per heavy atom. The van der Waals surface area contributed by atoms with Crippen LogP contribution in [0.25, 0.3) is 0 Å². The topological polar surface area (TPSA) is 104 Å². The van der Waals surface area contributed by atoms with Crippen LogP contribution in [-0.4, -0.2) is 28.6 Å². The summed E-state index contributed by atoms with van der Waals surface area (Å²) < 4.78 is 0. The Kier molecular flexibility index (Phi) is 5.09. The number of nitrogens with zero attached hydrogens (tertiary/aromatic N) is 4. The molecule has 0 atom stereocenters. The van der Waals surface area contributed by atoms with Crippen LogP contribution in [0.1, 0.15) is 29.7 Å². The standard InChI is InChI=1S/C22H19N5O3/c1-16-6-9-20(27(28)29)21(24-16)26-12-10-22(11-13-26)14-19(25-30-22)8-7-17-4-2-3-5-18(17)15-23/h2-6,9,14,25H,10-13H2,1H3. The first-order valence-corrected chi connectivity index (χ1v) is 9.55. The highest BCUT2D eigenvalue weighted by Gasteiger charge is 2.39. The maximum absolute atomic E-state index is 11.4. The Hall–Kier alpha value is -3.88. The predicted molar refractivity (Wildman–Crippen MR) is 110 cm³/mol. The molecule has 2 aliphatic rings. The molecule has 1 aromatic carbocycles. The van der Waals surface area contributed by atoms with Gasteiger partial charge >= 0.3 is 5.69 Å². The van der Waals surface area contributed by atoms with Gasteiger partial charge in [-0.15, -0.1) is 0 Å². The van der Waals surface area contributed by atoms with E-state index >= 15 is 0 Å². The SMILES string of the molecule is Cc1ccc([N+](=O)[O-])c(N2CCC3(C=C(C#Cc4ccccc4C#N)NO3)CC2)n1. The molecular formula is C22H19N5O3. The fourth-order valence-corrected chi connectivity index (χ4v) is 3.62. The van der Waals surface area contributed by atoms with Gasteiger partial charge in [0.1, 0.15) is 17.4 Å². The summed E-state index contributed by atoms with van der Waals surface area (Å²) >= 11 is 0. The number of rotatable bonds is 2. The van der Waals surface area contributed by atoms with Gasteiger partial charge in [0.2, 0.25) is 5.82 Å². The average molecular weight is 401 g/mol. The Morgan fingerprint density at radius 3 is 2.63 bits per heavy atom. The van der Waals surface area contributed by atoms with Crippen molar-refractivity contribution in [2.24, 2.45) is 0 Å². The van der Waals surface area contributed by atoms with Gasteiger partial charge in [0.15, 0.2) is 0 Å². The number of aromatic nitrogens is 1. The van der Waals surface area contributed by atoms with Gasteiger partial charge < -0.3 is 4.90 Å². The van der Waals surface area contributed by atoms with Crippen LogP contribution in [0.2, 0.25) is 0 Å². The average Bonchev–Trinajstić information content (AvgIpc) is 3.15. The molecule has 1 fully saturated rings. The lowest BCUT2D eigenvalue weighted by atomic mass is 9.91. The minimum atomic E-state index is -0.506. The molecule has 8 heteroatoms. The second kappa shape index (κ2) is 7.86. The van der Waals surface area contributed by atoms with Crippen molar-refractivity contribution >= 4 is 11.5 Å². The van der Waals surface area contributed by atoms with Crippen LogP contribution in [0.15, 0.2) is 48.2 Å². The third-order valence-electron chi connectivity index (χ3n) is 5.25. The quantitative estimate of drug-likeness (QED) is 0.469. The van der Waals surface area contributed by atoms with Crippen molar-refractivity contribution in [2.75, 3.05) is 18.0 Å². The summed E-state index contributed by atoms with van der Waals surface area (Å²) in [6, 6.07) is 12.5. The molecule has 150 valence electrons. The number of aryl methyl sites for hydroxylation is 1. The fraction of sp³-hybridized carbons (Fsp3) is 0.273. The maximum Gasteiger partial charge on any atom is 0.311 e. The van der Waals surface area contributed by atoms with Gasteiger partial charge in [-0.05, 0) is 37.1 Å². The molecule has 1 saturated heterocycles. The summed E-state index contributed by atoms with van der Waals surface area (Å²) in [6.45, 7) is 2.97. The van der Waals surface area contributed by atoms with Crippen LogP contribution in [0, 0.1) is 40.2 Å². The predicted octanol–water partition coefficient (Wildman–Crippen LogP) is 2.98. The molecule has 0 bridgehead atoms. The molecule has 0 aliphatic carbocycles. The first kappa shape index (κ1) is 19.4. The number of anilines is 1. The van der Waals surface area contributed by atoms with E-state index in [1.807, 2.05) is 24.0 Å². The number of hydroxylamine groups is 1. The van der Waals surface area contributed by atoms with Gasteiger partial charge in [0, 0.05) is 43.3 Å². The van der Waals surface area contributed by atoms with Crippen LogP contribution < -0.4 is 10.4 Å². The minimum absolute atomic E-state index is 0.0141. The van der Waals surface area contributed by atoms with E-state index in [4.69, 9.17) is 4.84 Å². The second-order valence-corrected chi connectivity index (χ2v) is 7.27. The summed E-state index contributed by atoms with van der Waals surface area (Å²) in [5, 5.41) is 20.5. The number of pyridine rings is 1. The number of nitrogens with one attached hydrogen (secondary N) is 1. The number of benzene rings is 1. The van der Waals surface area contributed by atoms with Crippen molar-refractivity contribution in [1.82, 2.24) is 10.5 Å². The molecule has 1 aromatic heterocycles. The molecule has 2 aromatic rings. The third kappa shape index (κ3) is 3.82. The third-order valence-corrected chi connectivity index (χ3v) is 5.25. The molecule has 30 heavy (non-hydrogen) atoms. The van der Waals surface area contributed by atoms with E-state index in [-0.39, 0.29) is 5.69 Å². The van der Waals surface area contributed by atoms with Crippen LogP contribution in [-0.2, 0) is 4.84 Å². The molecule has 4 rings (SSSR count). The fourth-order valence-electron chi connectivity index (χ4n) is 3.62. The summed E-state index contributed by atoms with van der Waals surface area (Å²) in [6.07, 6.45) is 3.25. The molecule has 0 saturated carbocycles. The number of nitro groups is 1. The van der Waals surface area contributed by atoms with E-state index in [2.05, 4.69) is 28.4 Å². The van der Waals surface area contributed by atoms with Gasteiger partial charge in [-0.3, -0.25) is 20.4 Å². The molecular weight excluding hydrogens is 382 g/mol. The van der Waals surface area contributed by atoms with Crippen molar-refractivity contribution in [1.29, 1.82) is 5.26 Å². The van der Waals surface area contributed by atoms with Crippen LogP contribution in [0.4, 0.5) is 11.5 Å². The first-order chi connectivity index (χ1) is 14.5. The molecule has 8 nitrogen and oxygen atoms in total. The summed E-state index contributed by atoms with van der Waals surface area (Å²) in [5.41, 5.74) is 4.97. The zero-order chi connectivity index (χ0) is 21.1. The Labute approximate surface area is 173 Å². The van der Waals surface area contributed by atoms with Crippen LogP contribution in [0.5, 0.6) is 0 Å². The molecule has 0 amide bonds. The molecule has 0 unspecified atom stereocenters. The highest BCUT2D eigenvalue weighted by molar-refractivity contribution is 5.58. The smallest absolute Gasteiger partial charge is 0.311 e. The van der Waals surface area contributed by atoms with E-state index in [1.54, 1.807) is 24.3 Å². The zero-order valence-electron chi connectivity index (χ0n) is 16.4. The lowest BCUT2D eigenvalue weighted by Gasteiger charge is -2.36. The van der Waals surface area contributed by atoms with Crippen molar-refractivity contribution in [2.45, 2.75) is 25.4 Å². The van der Waals surface area contributed by atoms with Crippen molar-refractivity contribution in [3.8, 4) is 17.9 Å². The van der Waals surface area contributed by atoms with Gasteiger partial charge in [-0.1, -0.05) is 18.1 Å². The van der Waals surface area contributed by atoms with E-state index in [0.717, 1.165) is 5.69 Å². The molecule has 2 aliphatic heterocycles. The lowest BCUT2D eigenvalue weighted by molar-refractivity contribution is -0.384. The molecule has 3 heterocycles. The van der Waals surface area contributed by atoms with E-state index in [9.17, 15) is 15.4 Å². The van der Waals surface area contributed by atoms with Gasteiger partial charge in [0.05, 0.1) is 10.5 Å². The van der Waals surface area contributed by atoms with E-state index < -0.39 is 10.5 Å². The minimum Gasteiger partial charge on any atom is -0.351 e. The lowest BCUT2D eigenvalue weighted by Crippen LogP contribution is -2.45. The van der Waals surface area contributed by atoms with Gasteiger partial charge in [0.25, 0.3) is 0 Å². The van der Waals surface area contributed by atoms with Crippen LogP contribution >= 0.6 is 0 Å². The summed E-state index contributed by atoms with van der Waals surface area (Å²) in [4.78, 5) is 23.1. The number of piperidine rings is 1. The number of hydrogen-bond acceptors (Lipinski definition) is 7. The molecule has 1 spiro atoms. The van der Waals surface area contributed by atoms with Crippen molar-refractivity contribution in [3.05, 3.63) is 75.1 Å².